The number of esters is 1. The zero-order valence-corrected chi connectivity index (χ0v) is 24.4. The largest absolute Gasteiger partial charge is 0.492 e. The molecule has 2 fully saturated rings. The van der Waals surface area contributed by atoms with Crippen LogP contribution in [0.4, 0.5) is 10.5 Å². The van der Waals surface area contributed by atoms with Gasteiger partial charge in [-0.2, -0.15) is 0 Å². The summed E-state index contributed by atoms with van der Waals surface area (Å²) in [6.07, 6.45) is 3.42. The number of carbonyl (C=O) groups excluding carboxylic acids is 2. The lowest BCUT2D eigenvalue weighted by Gasteiger charge is -2.41. The molecule has 9 heteroatoms. The van der Waals surface area contributed by atoms with E-state index in [1.807, 2.05) is 34.7 Å². The SMILES string of the molecule is CCN(c1cc(OCCN2CCOCC2)cc(C(=O)OC)c1C)C1CCC(N(C)C(=O)OC(C)(C)C)CC1. The number of morpholine rings is 1. The molecule has 0 spiro atoms. The number of carbonyl (C=O) groups is 2. The number of benzene rings is 1. The predicted octanol–water partition coefficient (Wildman–Crippen LogP) is 4.50. The van der Waals surface area contributed by atoms with Gasteiger partial charge in [-0.05, 0) is 71.9 Å². The smallest absolute Gasteiger partial charge is 0.410 e. The first-order valence-electron chi connectivity index (χ1n) is 13.9. The average Bonchev–Trinajstić information content (AvgIpc) is 2.89. The molecule has 0 atom stereocenters. The number of anilines is 1. The van der Waals surface area contributed by atoms with E-state index >= 15 is 0 Å². The Labute approximate surface area is 228 Å². The van der Waals surface area contributed by atoms with E-state index in [0.29, 0.717) is 24.0 Å². The van der Waals surface area contributed by atoms with Crippen LogP contribution in [0.25, 0.3) is 0 Å². The second kappa shape index (κ2) is 13.5. The monoisotopic (exact) mass is 533 g/mol. The highest BCUT2D eigenvalue weighted by molar-refractivity contribution is 5.93. The predicted molar refractivity (Wildman–Crippen MR) is 148 cm³/mol. The van der Waals surface area contributed by atoms with E-state index in [0.717, 1.165) is 76.3 Å². The molecule has 0 aromatic heterocycles. The third-order valence-corrected chi connectivity index (χ3v) is 7.53. The first kappa shape index (κ1) is 30.0. The van der Waals surface area contributed by atoms with Gasteiger partial charge in [0.25, 0.3) is 0 Å². The molecule has 1 saturated heterocycles. The van der Waals surface area contributed by atoms with Crippen LogP contribution in [0.1, 0.15) is 69.3 Å². The molecule has 2 aliphatic rings. The second-order valence-corrected chi connectivity index (χ2v) is 11.2. The lowest BCUT2D eigenvalue weighted by atomic mass is 9.88. The molecule has 1 amide bonds. The van der Waals surface area contributed by atoms with Crippen LogP contribution in [-0.4, -0.2) is 99.7 Å². The molecule has 0 radical (unpaired) electrons. The summed E-state index contributed by atoms with van der Waals surface area (Å²) < 4.78 is 22.3. The summed E-state index contributed by atoms with van der Waals surface area (Å²) >= 11 is 0. The summed E-state index contributed by atoms with van der Waals surface area (Å²) in [5.41, 5.74) is 1.92. The first-order valence-corrected chi connectivity index (χ1v) is 13.9. The van der Waals surface area contributed by atoms with Gasteiger partial charge >= 0.3 is 12.1 Å². The van der Waals surface area contributed by atoms with Gasteiger partial charge in [-0.1, -0.05) is 0 Å². The second-order valence-electron chi connectivity index (χ2n) is 11.2. The van der Waals surface area contributed by atoms with Crippen molar-refractivity contribution in [2.75, 3.05) is 65.1 Å². The highest BCUT2D eigenvalue weighted by atomic mass is 16.6. The fraction of sp³-hybridized carbons (Fsp3) is 0.724. The average molecular weight is 534 g/mol. The standard InChI is InChI=1S/C29H47N3O6/c1-8-32(23-11-9-22(10-12-23)30(6)28(34)38-29(3,4)5)26-20-24(19-25(21(26)2)27(33)35-7)37-18-15-31-13-16-36-17-14-31/h19-20,22-23H,8-18H2,1-7H3. The van der Waals surface area contributed by atoms with Crippen molar-refractivity contribution in [3.8, 4) is 5.75 Å². The van der Waals surface area contributed by atoms with Gasteiger partial charge in [0.05, 0.1) is 25.9 Å². The number of rotatable bonds is 9. The zero-order valence-electron chi connectivity index (χ0n) is 24.4. The third kappa shape index (κ3) is 7.99. The van der Waals surface area contributed by atoms with Crippen molar-refractivity contribution in [2.45, 2.75) is 78.0 Å². The molecule has 0 unspecified atom stereocenters. The maximum absolute atomic E-state index is 12.7. The molecule has 1 saturated carbocycles. The summed E-state index contributed by atoms with van der Waals surface area (Å²) in [4.78, 5) is 31.7. The Balaban J connectivity index is 1.72. The van der Waals surface area contributed by atoms with Crippen molar-refractivity contribution < 1.29 is 28.5 Å². The topological polar surface area (TPSA) is 80.8 Å². The Morgan fingerprint density at radius 1 is 1.08 bits per heavy atom. The molecule has 1 heterocycles. The van der Waals surface area contributed by atoms with Crippen molar-refractivity contribution in [2.24, 2.45) is 0 Å². The van der Waals surface area contributed by atoms with E-state index in [-0.39, 0.29) is 18.1 Å². The summed E-state index contributed by atoms with van der Waals surface area (Å²) in [6, 6.07) is 4.31. The Hall–Kier alpha value is -2.52. The highest BCUT2D eigenvalue weighted by Crippen LogP contribution is 2.35. The van der Waals surface area contributed by atoms with Crippen molar-refractivity contribution in [3.05, 3.63) is 23.3 Å². The molecule has 1 aliphatic carbocycles. The van der Waals surface area contributed by atoms with Crippen molar-refractivity contribution in [3.63, 3.8) is 0 Å². The van der Waals surface area contributed by atoms with Crippen LogP contribution >= 0.6 is 0 Å². The van der Waals surface area contributed by atoms with Gasteiger partial charge in [-0.15, -0.1) is 0 Å². The molecule has 214 valence electrons. The maximum Gasteiger partial charge on any atom is 0.410 e. The van der Waals surface area contributed by atoms with Gasteiger partial charge in [0.15, 0.2) is 0 Å². The van der Waals surface area contributed by atoms with Crippen molar-refractivity contribution >= 4 is 17.7 Å². The number of methoxy groups -OCH3 is 1. The Kier molecular flexibility index (Phi) is 10.7. The molecule has 9 nitrogen and oxygen atoms in total. The lowest BCUT2D eigenvalue weighted by Crippen LogP contribution is -2.46. The van der Waals surface area contributed by atoms with Crippen molar-refractivity contribution in [1.82, 2.24) is 9.80 Å². The summed E-state index contributed by atoms with van der Waals surface area (Å²) in [5, 5.41) is 0. The van der Waals surface area contributed by atoms with Gasteiger partial charge < -0.3 is 28.7 Å². The molecule has 0 N–H and O–H groups in total. The van der Waals surface area contributed by atoms with Gasteiger partial charge in [0.1, 0.15) is 18.0 Å². The Morgan fingerprint density at radius 3 is 2.29 bits per heavy atom. The maximum atomic E-state index is 12.7. The molecule has 38 heavy (non-hydrogen) atoms. The van der Waals surface area contributed by atoms with Crippen LogP contribution in [0, 0.1) is 6.92 Å². The van der Waals surface area contributed by atoms with Crippen molar-refractivity contribution in [1.29, 1.82) is 0 Å². The normalized spacial score (nSPS) is 20.5. The van der Waals surface area contributed by atoms with E-state index in [2.05, 4.69) is 22.8 Å². The van der Waals surface area contributed by atoms with Crippen LogP contribution in [0.3, 0.4) is 0 Å². The third-order valence-electron chi connectivity index (χ3n) is 7.53. The summed E-state index contributed by atoms with van der Waals surface area (Å²) in [7, 11) is 3.24. The fourth-order valence-corrected chi connectivity index (χ4v) is 5.36. The minimum absolute atomic E-state index is 0.154. The molecule has 1 aromatic carbocycles. The van der Waals surface area contributed by atoms with Gasteiger partial charge in [-0.25, -0.2) is 9.59 Å². The number of hydrogen-bond acceptors (Lipinski definition) is 8. The first-order chi connectivity index (χ1) is 18.0. The van der Waals surface area contributed by atoms with E-state index in [1.54, 1.807) is 11.0 Å². The molecule has 3 rings (SSSR count). The van der Waals surface area contributed by atoms with Gasteiger partial charge in [0, 0.05) is 57.1 Å². The van der Waals surface area contributed by atoms with Gasteiger partial charge in [0.2, 0.25) is 0 Å². The quantitative estimate of drug-likeness (QED) is 0.430. The van der Waals surface area contributed by atoms with Crippen LogP contribution < -0.4 is 9.64 Å². The molecule has 0 bridgehead atoms. The van der Waals surface area contributed by atoms with Crippen LogP contribution in [0.5, 0.6) is 5.75 Å². The molecule has 1 aliphatic heterocycles. The van der Waals surface area contributed by atoms with Crippen LogP contribution in [0.2, 0.25) is 0 Å². The van der Waals surface area contributed by atoms with E-state index in [9.17, 15) is 9.59 Å². The molecular weight excluding hydrogens is 486 g/mol. The lowest BCUT2D eigenvalue weighted by molar-refractivity contribution is 0.0182. The van der Waals surface area contributed by atoms with E-state index in [1.165, 1.54) is 7.11 Å². The summed E-state index contributed by atoms with van der Waals surface area (Å²) in [6.45, 7) is 15.3. The Bertz CT molecular complexity index is 933. The van der Waals surface area contributed by atoms with E-state index < -0.39 is 5.60 Å². The number of amides is 1. The van der Waals surface area contributed by atoms with Crippen LogP contribution in [0.15, 0.2) is 12.1 Å². The Morgan fingerprint density at radius 2 is 1.71 bits per heavy atom. The van der Waals surface area contributed by atoms with E-state index in [4.69, 9.17) is 18.9 Å². The minimum Gasteiger partial charge on any atom is -0.492 e. The fourth-order valence-electron chi connectivity index (χ4n) is 5.36. The van der Waals surface area contributed by atoms with Crippen LogP contribution in [-0.2, 0) is 14.2 Å². The number of hydrogen-bond donors (Lipinski definition) is 0. The highest BCUT2D eigenvalue weighted by Gasteiger charge is 2.32. The number of ether oxygens (including phenoxy) is 4. The molecule has 1 aromatic rings. The summed E-state index contributed by atoms with van der Waals surface area (Å²) in [5.74, 6) is 0.317. The molecular formula is C29H47N3O6. The number of nitrogens with zero attached hydrogens (tertiary/aromatic N) is 3. The minimum atomic E-state index is -0.508. The zero-order chi connectivity index (χ0) is 27.9. The van der Waals surface area contributed by atoms with Gasteiger partial charge in [-0.3, -0.25) is 4.90 Å².